The fraction of sp³-hybridized carbons (Fsp3) is 0.250. The Bertz CT molecular complexity index is 553. The Morgan fingerprint density at radius 3 is 2.25 bits per heavy atom. The highest BCUT2D eigenvalue weighted by atomic mass is 16.5. The molecule has 0 spiro atoms. The fourth-order valence-corrected chi connectivity index (χ4v) is 2.28. The Morgan fingerprint density at radius 2 is 1.70 bits per heavy atom. The first-order valence-corrected chi connectivity index (χ1v) is 6.24. The van der Waals surface area contributed by atoms with Crippen LogP contribution in [0.4, 0.5) is 0 Å². The molecule has 0 radical (unpaired) electrons. The maximum atomic E-state index is 11.9. The number of hydrogen-bond donors (Lipinski definition) is 0. The second-order valence-corrected chi connectivity index (χ2v) is 4.59. The number of hydrogen-bond acceptors (Lipinski definition) is 4. The van der Waals surface area contributed by atoms with Crippen molar-refractivity contribution in [3.8, 4) is 0 Å². The zero-order valence-corrected chi connectivity index (χ0v) is 11.5. The molecular formula is C16H16O4. The molecule has 0 heterocycles. The van der Waals surface area contributed by atoms with Gasteiger partial charge >= 0.3 is 11.9 Å². The lowest BCUT2D eigenvalue weighted by Crippen LogP contribution is -2.38. The summed E-state index contributed by atoms with van der Waals surface area (Å²) in [6.45, 7) is 0. The SMILES string of the molecule is COC(=O)C1(C(=O)OC)C=C/C(=C/c2ccccc2)C1. The van der Waals surface area contributed by atoms with E-state index in [0.29, 0.717) is 0 Å². The van der Waals surface area contributed by atoms with Gasteiger partial charge in [0.15, 0.2) is 5.41 Å². The van der Waals surface area contributed by atoms with Crippen LogP contribution in [0, 0.1) is 5.41 Å². The maximum absolute atomic E-state index is 11.9. The van der Waals surface area contributed by atoms with E-state index in [1.807, 2.05) is 36.4 Å². The van der Waals surface area contributed by atoms with Crippen molar-refractivity contribution in [3.63, 3.8) is 0 Å². The number of allylic oxidation sites excluding steroid dienone is 2. The molecule has 0 fully saturated rings. The number of carbonyl (C=O) groups excluding carboxylic acids is 2. The highest BCUT2D eigenvalue weighted by Crippen LogP contribution is 2.38. The van der Waals surface area contributed by atoms with E-state index in [-0.39, 0.29) is 6.42 Å². The minimum atomic E-state index is -1.36. The van der Waals surface area contributed by atoms with Gasteiger partial charge in [0, 0.05) is 6.42 Å². The van der Waals surface area contributed by atoms with E-state index in [0.717, 1.165) is 11.1 Å². The van der Waals surface area contributed by atoms with Crippen LogP contribution in [0.5, 0.6) is 0 Å². The average molecular weight is 272 g/mol. The van der Waals surface area contributed by atoms with Gasteiger partial charge in [-0.25, -0.2) is 0 Å². The lowest BCUT2D eigenvalue weighted by molar-refractivity contribution is -0.164. The number of carbonyl (C=O) groups is 2. The quantitative estimate of drug-likeness (QED) is 0.626. The summed E-state index contributed by atoms with van der Waals surface area (Å²) in [5.41, 5.74) is 0.536. The van der Waals surface area contributed by atoms with Crippen molar-refractivity contribution in [2.45, 2.75) is 6.42 Å². The Kier molecular flexibility index (Phi) is 4.03. The van der Waals surface area contributed by atoms with E-state index in [1.54, 1.807) is 12.2 Å². The second-order valence-electron chi connectivity index (χ2n) is 4.59. The molecule has 0 unspecified atom stereocenters. The summed E-state index contributed by atoms with van der Waals surface area (Å²) in [5, 5.41) is 0. The van der Waals surface area contributed by atoms with Crippen molar-refractivity contribution in [1.29, 1.82) is 0 Å². The Balaban J connectivity index is 2.30. The molecule has 1 aliphatic carbocycles. The first kappa shape index (κ1) is 14.1. The molecule has 0 N–H and O–H groups in total. The Labute approximate surface area is 117 Å². The third-order valence-electron chi connectivity index (χ3n) is 3.32. The highest BCUT2D eigenvalue weighted by Gasteiger charge is 2.49. The molecule has 20 heavy (non-hydrogen) atoms. The van der Waals surface area contributed by atoms with E-state index < -0.39 is 17.4 Å². The minimum absolute atomic E-state index is 0.251. The van der Waals surface area contributed by atoms with Gasteiger partial charge in [-0.2, -0.15) is 0 Å². The Morgan fingerprint density at radius 1 is 1.10 bits per heavy atom. The summed E-state index contributed by atoms with van der Waals surface area (Å²) >= 11 is 0. The first-order valence-electron chi connectivity index (χ1n) is 6.24. The molecule has 0 aromatic heterocycles. The van der Waals surface area contributed by atoms with Crippen LogP contribution >= 0.6 is 0 Å². The van der Waals surface area contributed by atoms with Crippen molar-refractivity contribution in [2.24, 2.45) is 5.41 Å². The van der Waals surface area contributed by atoms with Gasteiger partial charge in [0.25, 0.3) is 0 Å². The summed E-state index contributed by atoms with van der Waals surface area (Å²) < 4.78 is 9.48. The molecule has 0 saturated carbocycles. The zero-order valence-electron chi connectivity index (χ0n) is 11.5. The smallest absolute Gasteiger partial charge is 0.327 e. The molecule has 0 amide bonds. The maximum Gasteiger partial charge on any atom is 0.327 e. The van der Waals surface area contributed by atoms with Gasteiger partial charge in [-0.1, -0.05) is 48.6 Å². The van der Waals surface area contributed by atoms with Crippen LogP contribution < -0.4 is 0 Å². The predicted molar refractivity (Wildman–Crippen MR) is 74.6 cm³/mol. The lowest BCUT2D eigenvalue weighted by atomic mass is 9.86. The number of methoxy groups -OCH3 is 2. The van der Waals surface area contributed by atoms with Gasteiger partial charge in [-0.3, -0.25) is 9.59 Å². The molecule has 2 rings (SSSR count). The van der Waals surface area contributed by atoms with Crippen molar-refractivity contribution in [1.82, 2.24) is 0 Å². The number of rotatable bonds is 3. The van der Waals surface area contributed by atoms with Crippen LogP contribution in [0.25, 0.3) is 6.08 Å². The van der Waals surface area contributed by atoms with Crippen molar-refractivity contribution in [2.75, 3.05) is 14.2 Å². The molecule has 0 aliphatic heterocycles. The largest absolute Gasteiger partial charge is 0.468 e. The summed E-state index contributed by atoms with van der Waals surface area (Å²) in [6, 6.07) is 9.70. The average Bonchev–Trinajstić information content (AvgIpc) is 2.91. The minimum Gasteiger partial charge on any atom is -0.468 e. The van der Waals surface area contributed by atoms with E-state index in [1.165, 1.54) is 14.2 Å². The van der Waals surface area contributed by atoms with Crippen LogP contribution in [0.2, 0.25) is 0 Å². The van der Waals surface area contributed by atoms with E-state index in [9.17, 15) is 9.59 Å². The summed E-state index contributed by atoms with van der Waals surface area (Å²) in [4.78, 5) is 23.9. The molecular weight excluding hydrogens is 256 g/mol. The topological polar surface area (TPSA) is 52.6 Å². The predicted octanol–water partition coefficient (Wildman–Crippen LogP) is 2.36. The van der Waals surface area contributed by atoms with Crippen LogP contribution in [0.3, 0.4) is 0 Å². The van der Waals surface area contributed by atoms with E-state index >= 15 is 0 Å². The normalized spacial score (nSPS) is 18.0. The lowest BCUT2D eigenvalue weighted by Gasteiger charge is -2.21. The van der Waals surface area contributed by atoms with Crippen LogP contribution in [-0.2, 0) is 19.1 Å². The monoisotopic (exact) mass is 272 g/mol. The summed E-state index contributed by atoms with van der Waals surface area (Å²) in [7, 11) is 2.53. The molecule has 0 atom stereocenters. The van der Waals surface area contributed by atoms with Crippen LogP contribution in [-0.4, -0.2) is 26.2 Å². The molecule has 1 aliphatic rings. The molecule has 104 valence electrons. The highest BCUT2D eigenvalue weighted by molar-refractivity contribution is 6.03. The number of benzene rings is 1. The third-order valence-corrected chi connectivity index (χ3v) is 3.32. The molecule has 4 heteroatoms. The second kappa shape index (κ2) is 5.74. The number of ether oxygens (including phenoxy) is 2. The van der Waals surface area contributed by atoms with Crippen LogP contribution in [0.15, 0.2) is 48.1 Å². The molecule has 0 saturated heterocycles. The van der Waals surface area contributed by atoms with Crippen molar-refractivity contribution in [3.05, 3.63) is 53.6 Å². The fourth-order valence-electron chi connectivity index (χ4n) is 2.28. The van der Waals surface area contributed by atoms with Gasteiger partial charge in [-0.15, -0.1) is 0 Å². The third kappa shape index (κ3) is 2.50. The zero-order chi connectivity index (χ0) is 14.6. The molecule has 1 aromatic rings. The standard InChI is InChI=1S/C16H16O4/c1-19-14(17)16(15(18)20-2)9-8-13(11-16)10-12-6-4-3-5-7-12/h3-10H,11H2,1-2H3/b13-10-. The molecule has 0 bridgehead atoms. The van der Waals surface area contributed by atoms with Gasteiger partial charge in [0.2, 0.25) is 0 Å². The van der Waals surface area contributed by atoms with E-state index in [2.05, 4.69) is 0 Å². The number of esters is 2. The van der Waals surface area contributed by atoms with Gasteiger partial charge in [0.1, 0.15) is 0 Å². The van der Waals surface area contributed by atoms with Crippen LogP contribution in [0.1, 0.15) is 12.0 Å². The van der Waals surface area contributed by atoms with Crippen molar-refractivity contribution < 1.29 is 19.1 Å². The van der Waals surface area contributed by atoms with Gasteiger partial charge in [-0.05, 0) is 11.1 Å². The van der Waals surface area contributed by atoms with Gasteiger partial charge < -0.3 is 9.47 Å². The van der Waals surface area contributed by atoms with Gasteiger partial charge in [0.05, 0.1) is 14.2 Å². The summed E-state index contributed by atoms with van der Waals surface area (Å²) in [6.07, 6.45) is 5.51. The molecule has 4 nitrogen and oxygen atoms in total. The Hall–Kier alpha value is -2.36. The first-order chi connectivity index (χ1) is 9.62. The molecule has 1 aromatic carbocycles. The van der Waals surface area contributed by atoms with E-state index in [4.69, 9.17) is 9.47 Å². The summed E-state index contributed by atoms with van der Waals surface area (Å²) in [5.74, 6) is -1.20. The van der Waals surface area contributed by atoms with Crippen molar-refractivity contribution >= 4 is 18.0 Å².